The van der Waals surface area contributed by atoms with Gasteiger partial charge in [-0.3, -0.25) is 9.59 Å². The third kappa shape index (κ3) is 3.22. The van der Waals surface area contributed by atoms with Gasteiger partial charge in [0, 0.05) is 10.9 Å². The van der Waals surface area contributed by atoms with E-state index in [2.05, 4.69) is 5.32 Å². The number of hydrogen-bond donors (Lipinski definition) is 4. The van der Waals surface area contributed by atoms with Crippen molar-refractivity contribution >= 4 is 61.4 Å². The van der Waals surface area contributed by atoms with Crippen molar-refractivity contribution in [3.05, 3.63) is 57.1 Å². The number of nitrogens with two attached hydrogens (primary N) is 1. The van der Waals surface area contributed by atoms with Gasteiger partial charge in [-0.15, -0.1) is 11.3 Å². The number of anilines is 1. The lowest BCUT2D eigenvalue weighted by Gasteiger charge is -2.05. The molecule has 9 heteroatoms. The van der Waals surface area contributed by atoms with Gasteiger partial charge < -0.3 is 21.3 Å². The monoisotopic (exact) mass is 410 g/mol. The average Bonchev–Trinajstić information content (AvgIpc) is 2.98. The molecule has 0 aliphatic heterocycles. The third-order valence-corrected chi connectivity index (χ3v) is 5.63. The Morgan fingerprint density at radius 1 is 1.19 bits per heavy atom. The van der Waals surface area contributed by atoms with Gasteiger partial charge in [-0.05, 0) is 23.8 Å². The number of carbonyl (C=O) groups is 2. The van der Waals surface area contributed by atoms with Crippen LogP contribution >= 0.6 is 34.5 Å². The van der Waals surface area contributed by atoms with Crippen LogP contribution in [0.3, 0.4) is 0 Å². The number of phenols is 1. The van der Waals surface area contributed by atoms with Crippen LogP contribution < -0.4 is 11.1 Å². The average molecular weight is 411 g/mol. The van der Waals surface area contributed by atoms with Gasteiger partial charge in [-0.25, -0.2) is 0 Å². The van der Waals surface area contributed by atoms with E-state index in [1.807, 2.05) is 0 Å². The smallest absolute Gasteiger partial charge is 0.256 e. The van der Waals surface area contributed by atoms with Crippen LogP contribution in [0.4, 0.5) is 5.00 Å². The zero-order chi connectivity index (χ0) is 19.0. The number of rotatable bonds is 4. The molecule has 0 unspecified atom stereocenters. The maximum absolute atomic E-state index is 12.5. The molecule has 1 aromatic heterocycles. The number of aliphatic hydroxyl groups is 1. The number of thiophene rings is 1. The number of benzene rings is 2. The molecule has 1 heterocycles. The molecule has 0 saturated carbocycles. The molecular formula is C17H12Cl2N2O4S. The van der Waals surface area contributed by atoms with Gasteiger partial charge in [0.05, 0.1) is 21.9 Å². The highest BCUT2D eigenvalue weighted by Crippen LogP contribution is 2.46. The highest BCUT2D eigenvalue weighted by Gasteiger charge is 2.23. The predicted molar refractivity (Wildman–Crippen MR) is 102 cm³/mol. The number of hydrogen-bond acceptors (Lipinski definition) is 5. The van der Waals surface area contributed by atoms with Crippen LogP contribution in [0.1, 0.15) is 26.3 Å². The molecule has 134 valence electrons. The first-order chi connectivity index (χ1) is 12.3. The summed E-state index contributed by atoms with van der Waals surface area (Å²) in [4.78, 5) is 24.4. The fourth-order valence-corrected chi connectivity index (χ4v) is 4.11. The maximum atomic E-state index is 12.5. The predicted octanol–water partition coefficient (Wildman–Crippen LogP) is 3.76. The fourth-order valence-electron chi connectivity index (χ4n) is 2.42. The molecule has 3 aromatic rings. The first-order valence-corrected chi connectivity index (χ1v) is 8.85. The Bertz CT molecular complexity index is 1030. The SMILES string of the molecule is NC(=O)c1c(NC(=O)c2ccc(CO)cc2)sc2c(Cl)c(O)c(Cl)cc12. The molecule has 2 amide bonds. The van der Waals surface area contributed by atoms with E-state index in [4.69, 9.17) is 34.0 Å². The Hall–Kier alpha value is -2.32. The van der Waals surface area contributed by atoms with E-state index >= 15 is 0 Å². The van der Waals surface area contributed by atoms with Crippen LogP contribution in [0.25, 0.3) is 10.1 Å². The van der Waals surface area contributed by atoms with E-state index in [9.17, 15) is 14.7 Å². The Labute approximate surface area is 161 Å². The summed E-state index contributed by atoms with van der Waals surface area (Å²) in [5.41, 5.74) is 6.52. The van der Waals surface area contributed by atoms with Crippen LogP contribution in [0, 0.1) is 0 Å². The van der Waals surface area contributed by atoms with Crippen LogP contribution in [-0.2, 0) is 6.61 Å². The Morgan fingerprint density at radius 2 is 1.85 bits per heavy atom. The molecular weight excluding hydrogens is 399 g/mol. The number of nitrogens with one attached hydrogen (secondary N) is 1. The first-order valence-electron chi connectivity index (χ1n) is 7.28. The van der Waals surface area contributed by atoms with Crippen LogP contribution in [0.2, 0.25) is 10.0 Å². The highest BCUT2D eigenvalue weighted by atomic mass is 35.5. The van der Waals surface area contributed by atoms with Gasteiger partial charge in [-0.1, -0.05) is 35.3 Å². The topological polar surface area (TPSA) is 113 Å². The van der Waals surface area contributed by atoms with Crippen molar-refractivity contribution in [2.75, 3.05) is 5.32 Å². The van der Waals surface area contributed by atoms with Gasteiger partial charge in [0.1, 0.15) is 10.0 Å². The molecule has 0 fully saturated rings. The Morgan fingerprint density at radius 3 is 2.42 bits per heavy atom. The van der Waals surface area contributed by atoms with Gasteiger partial charge in [-0.2, -0.15) is 0 Å². The number of carbonyl (C=O) groups excluding carboxylic acids is 2. The molecule has 0 aliphatic rings. The summed E-state index contributed by atoms with van der Waals surface area (Å²) in [6.45, 7) is -0.132. The Kier molecular flexibility index (Phi) is 5.06. The van der Waals surface area contributed by atoms with Gasteiger partial charge >= 0.3 is 0 Å². The summed E-state index contributed by atoms with van der Waals surface area (Å²) < 4.78 is 0.383. The number of amides is 2. The second-order valence-corrected chi connectivity index (χ2v) is 7.18. The number of halogens is 2. The van der Waals surface area contributed by atoms with Crippen LogP contribution in [0.5, 0.6) is 5.75 Å². The van der Waals surface area contributed by atoms with E-state index in [0.29, 0.717) is 21.2 Å². The quantitative estimate of drug-likeness (QED) is 0.524. The van der Waals surface area contributed by atoms with Crippen molar-refractivity contribution in [2.45, 2.75) is 6.61 Å². The van der Waals surface area contributed by atoms with E-state index in [-0.39, 0.29) is 33.0 Å². The van der Waals surface area contributed by atoms with Crippen LogP contribution in [0.15, 0.2) is 30.3 Å². The molecule has 3 rings (SSSR count). The number of aromatic hydroxyl groups is 1. The third-order valence-electron chi connectivity index (χ3n) is 3.72. The number of phenolic OH excluding ortho intramolecular Hbond substituents is 1. The van der Waals surface area contributed by atoms with Crippen molar-refractivity contribution in [2.24, 2.45) is 5.73 Å². The summed E-state index contributed by atoms with van der Waals surface area (Å²) in [6.07, 6.45) is 0. The zero-order valence-electron chi connectivity index (χ0n) is 13.0. The number of primary amides is 1. The van der Waals surface area contributed by atoms with Crippen LogP contribution in [-0.4, -0.2) is 22.0 Å². The minimum Gasteiger partial charge on any atom is -0.505 e. The molecule has 2 aromatic carbocycles. The number of fused-ring (bicyclic) bond motifs is 1. The summed E-state index contributed by atoms with van der Waals surface area (Å²) in [5, 5.41) is 22.1. The first kappa shape index (κ1) is 18.5. The fraction of sp³-hybridized carbons (Fsp3) is 0.0588. The van der Waals surface area contributed by atoms with Gasteiger partial charge in [0.25, 0.3) is 11.8 Å². The summed E-state index contributed by atoms with van der Waals surface area (Å²) >= 11 is 13.0. The molecule has 0 radical (unpaired) electrons. The van der Waals surface area contributed by atoms with Crippen molar-refractivity contribution in [3.8, 4) is 5.75 Å². The molecule has 0 spiro atoms. The second kappa shape index (κ2) is 7.13. The lowest BCUT2D eigenvalue weighted by molar-refractivity contribution is 0.100. The van der Waals surface area contributed by atoms with Crippen molar-refractivity contribution in [3.63, 3.8) is 0 Å². The van der Waals surface area contributed by atoms with Gasteiger partial charge in [0.15, 0.2) is 5.75 Å². The molecule has 5 N–H and O–H groups in total. The molecule has 26 heavy (non-hydrogen) atoms. The minimum absolute atomic E-state index is 0.0206. The lowest BCUT2D eigenvalue weighted by atomic mass is 10.1. The van der Waals surface area contributed by atoms with Crippen molar-refractivity contribution < 1.29 is 19.8 Å². The largest absolute Gasteiger partial charge is 0.505 e. The lowest BCUT2D eigenvalue weighted by Crippen LogP contribution is -2.16. The van der Waals surface area contributed by atoms with Crippen molar-refractivity contribution in [1.82, 2.24) is 0 Å². The minimum atomic E-state index is -0.764. The number of aliphatic hydroxyl groups excluding tert-OH is 1. The Balaban J connectivity index is 2.06. The normalized spacial score (nSPS) is 10.9. The van der Waals surface area contributed by atoms with E-state index in [1.165, 1.54) is 6.07 Å². The molecule has 6 nitrogen and oxygen atoms in total. The summed E-state index contributed by atoms with van der Waals surface area (Å²) in [5.74, 6) is -1.54. The molecule has 0 atom stereocenters. The zero-order valence-corrected chi connectivity index (χ0v) is 15.4. The molecule has 0 saturated heterocycles. The van der Waals surface area contributed by atoms with E-state index in [0.717, 1.165) is 11.3 Å². The van der Waals surface area contributed by atoms with Gasteiger partial charge in [0.2, 0.25) is 0 Å². The van der Waals surface area contributed by atoms with E-state index < -0.39 is 11.8 Å². The molecule has 0 aliphatic carbocycles. The van der Waals surface area contributed by atoms with Crippen molar-refractivity contribution in [1.29, 1.82) is 0 Å². The second-order valence-electron chi connectivity index (χ2n) is 5.38. The summed E-state index contributed by atoms with van der Waals surface area (Å²) in [7, 11) is 0. The summed E-state index contributed by atoms with van der Waals surface area (Å²) in [6, 6.07) is 7.70. The standard InChI is InChI=1S/C17H12Cl2N2O4S/c18-10-5-9-11(15(20)24)17(26-14(9)12(19)13(10)23)21-16(25)8-3-1-7(6-22)2-4-8/h1-5,22-23H,6H2,(H2,20,24)(H,21,25). The maximum Gasteiger partial charge on any atom is 0.256 e. The van der Waals surface area contributed by atoms with E-state index in [1.54, 1.807) is 24.3 Å². The molecule has 0 bridgehead atoms. The highest BCUT2D eigenvalue weighted by molar-refractivity contribution is 7.24.